The number of aliphatic hydroxyl groups is 1. The molecular weight excluding hydrogens is 206 g/mol. The van der Waals surface area contributed by atoms with E-state index in [0.29, 0.717) is 13.2 Å². The molecule has 92 valence electrons. The van der Waals surface area contributed by atoms with E-state index in [0.717, 1.165) is 38.8 Å². The third-order valence-corrected chi connectivity index (χ3v) is 3.66. The Balaban J connectivity index is 1.87. The van der Waals surface area contributed by atoms with Crippen LogP contribution in [0.4, 0.5) is 0 Å². The van der Waals surface area contributed by atoms with E-state index in [9.17, 15) is 4.79 Å². The van der Waals surface area contributed by atoms with Gasteiger partial charge in [0.2, 0.25) is 5.91 Å². The highest BCUT2D eigenvalue weighted by Gasteiger charge is 2.29. The number of nitrogens with zero attached hydrogens (tertiary/aromatic N) is 1. The molecule has 4 nitrogen and oxygen atoms in total. The number of amides is 1. The van der Waals surface area contributed by atoms with Crippen LogP contribution in [-0.4, -0.2) is 48.8 Å². The molecule has 2 aliphatic rings. The summed E-state index contributed by atoms with van der Waals surface area (Å²) in [5.74, 6) is 0.727. The van der Waals surface area contributed by atoms with Crippen LogP contribution in [0.15, 0.2) is 0 Å². The number of ether oxygens (including phenoxy) is 1. The lowest BCUT2D eigenvalue weighted by molar-refractivity contribution is -0.140. The molecule has 2 aliphatic heterocycles. The molecule has 2 saturated heterocycles. The van der Waals surface area contributed by atoms with Crippen molar-refractivity contribution in [2.45, 2.75) is 25.7 Å². The minimum atomic E-state index is 0.159. The van der Waals surface area contributed by atoms with Gasteiger partial charge in [-0.25, -0.2) is 0 Å². The van der Waals surface area contributed by atoms with E-state index in [1.807, 2.05) is 4.90 Å². The fraction of sp³-hybridized carbons (Fsp3) is 0.917. The van der Waals surface area contributed by atoms with Gasteiger partial charge in [-0.3, -0.25) is 4.79 Å². The third-order valence-electron chi connectivity index (χ3n) is 3.66. The van der Waals surface area contributed by atoms with Gasteiger partial charge in [-0.1, -0.05) is 0 Å². The second-order valence-electron chi connectivity index (χ2n) is 4.86. The highest BCUT2D eigenvalue weighted by atomic mass is 16.5. The van der Waals surface area contributed by atoms with E-state index >= 15 is 0 Å². The molecule has 1 unspecified atom stereocenters. The molecule has 0 spiro atoms. The molecule has 2 fully saturated rings. The minimum absolute atomic E-state index is 0.159. The van der Waals surface area contributed by atoms with Crippen molar-refractivity contribution >= 4 is 5.91 Å². The highest BCUT2D eigenvalue weighted by Crippen LogP contribution is 2.22. The molecular formula is C12H21NO3. The van der Waals surface area contributed by atoms with Crippen molar-refractivity contribution in [3.05, 3.63) is 0 Å². The number of hydrogen-bond donors (Lipinski definition) is 1. The van der Waals surface area contributed by atoms with Gasteiger partial charge in [0.1, 0.15) is 0 Å². The van der Waals surface area contributed by atoms with Crippen molar-refractivity contribution < 1.29 is 14.6 Å². The zero-order valence-electron chi connectivity index (χ0n) is 9.73. The van der Waals surface area contributed by atoms with Gasteiger partial charge >= 0.3 is 0 Å². The molecule has 1 atom stereocenters. The quantitative estimate of drug-likeness (QED) is 0.753. The molecule has 0 saturated carbocycles. The summed E-state index contributed by atoms with van der Waals surface area (Å²) >= 11 is 0. The second kappa shape index (κ2) is 5.64. The molecule has 0 aliphatic carbocycles. The lowest BCUT2D eigenvalue weighted by Gasteiger charge is -2.35. The zero-order valence-corrected chi connectivity index (χ0v) is 9.73. The van der Waals surface area contributed by atoms with E-state index in [1.54, 1.807) is 0 Å². The first kappa shape index (κ1) is 11.9. The lowest BCUT2D eigenvalue weighted by Crippen LogP contribution is -2.44. The van der Waals surface area contributed by atoms with Gasteiger partial charge in [-0.05, 0) is 31.6 Å². The van der Waals surface area contributed by atoms with Crippen LogP contribution >= 0.6 is 0 Å². The summed E-state index contributed by atoms with van der Waals surface area (Å²) in [6, 6.07) is 0. The van der Waals surface area contributed by atoms with E-state index in [1.165, 1.54) is 0 Å². The average molecular weight is 227 g/mol. The molecule has 1 amide bonds. The Labute approximate surface area is 96.6 Å². The predicted octanol–water partition coefficient (Wildman–Crippen LogP) is 0.644. The first-order valence-electron chi connectivity index (χ1n) is 6.28. The van der Waals surface area contributed by atoms with Crippen molar-refractivity contribution in [1.29, 1.82) is 0 Å². The maximum absolute atomic E-state index is 12.2. The third kappa shape index (κ3) is 2.74. The van der Waals surface area contributed by atoms with Crippen LogP contribution in [0, 0.1) is 11.8 Å². The number of carbonyl (C=O) groups excluding carboxylic acids is 1. The zero-order chi connectivity index (χ0) is 11.4. The van der Waals surface area contributed by atoms with E-state index in [2.05, 4.69) is 0 Å². The monoisotopic (exact) mass is 227 g/mol. The van der Waals surface area contributed by atoms with Gasteiger partial charge in [0.05, 0.1) is 0 Å². The van der Waals surface area contributed by atoms with Gasteiger partial charge in [-0.15, -0.1) is 0 Å². The summed E-state index contributed by atoms with van der Waals surface area (Å²) in [7, 11) is 0. The molecule has 0 radical (unpaired) electrons. The first-order valence-corrected chi connectivity index (χ1v) is 6.28. The molecule has 0 bridgehead atoms. The summed E-state index contributed by atoms with van der Waals surface area (Å²) in [6.07, 6.45) is 3.80. The molecule has 4 heteroatoms. The van der Waals surface area contributed by atoms with Crippen LogP contribution in [0.5, 0.6) is 0 Å². The van der Waals surface area contributed by atoms with Crippen LogP contribution in [0.1, 0.15) is 25.7 Å². The van der Waals surface area contributed by atoms with Crippen molar-refractivity contribution in [2.75, 3.05) is 32.9 Å². The largest absolute Gasteiger partial charge is 0.396 e. The summed E-state index contributed by atoms with van der Waals surface area (Å²) in [4.78, 5) is 14.1. The minimum Gasteiger partial charge on any atom is -0.396 e. The Kier molecular flexibility index (Phi) is 4.18. The Morgan fingerprint density at radius 1 is 1.31 bits per heavy atom. The maximum atomic E-state index is 12.2. The van der Waals surface area contributed by atoms with Gasteiger partial charge in [0.25, 0.3) is 0 Å². The smallest absolute Gasteiger partial charge is 0.225 e. The Bertz CT molecular complexity index is 238. The number of likely N-dealkylation sites (tertiary alicyclic amines) is 1. The Morgan fingerprint density at radius 3 is 2.75 bits per heavy atom. The van der Waals surface area contributed by atoms with Crippen molar-refractivity contribution in [3.8, 4) is 0 Å². The lowest BCUT2D eigenvalue weighted by atomic mass is 9.94. The number of aliphatic hydroxyl groups excluding tert-OH is 1. The van der Waals surface area contributed by atoms with E-state index in [4.69, 9.17) is 9.84 Å². The summed E-state index contributed by atoms with van der Waals surface area (Å²) in [5.41, 5.74) is 0. The molecule has 0 aromatic carbocycles. The van der Waals surface area contributed by atoms with E-state index in [-0.39, 0.29) is 24.3 Å². The number of hydrogen-bond acceptors (Lipinski definition) is 3. The molecule has 2 rings (SSSR count). The fourth-order valence-electron chi connectivity index (χ4n) is 2.62. The van der Waals surface area contributed by atoms with Crippen molar-refractivity contribution in [1.82, 2.24) is 4.90 Å². The highest BCUT2D eigenvalue weighted by molar-refractivity contribution is 5.79. The van der Waals surface area contributed by atoms with Gasteiger partial charge in [0, 0.05) is 38.8 Å². The van der Waals surface area contributed by atoms with Crippen LogP contribution < -0.4 is 0 Å². The summed E-state index contributed by atoms with van der Waals surface area (Å²) < 4.78 is 5.27. The Morgan fingerprint density at radius 2 is 2.06 bits per heavy atom. The van der Waals surface area contributed by atoms with Crippen LogP contribution in [0.25, 0.3) is 0 Å². The number of rotatable bonds is 2. The Hall–Kier alpha value is -0.610. The topological polar surface area (TPSA) is 49.8 Å². The summed E-state index contributed by atoms with van der Waals surface area (Å²) in [5, 5.41) is 9.14. The second-order valence-corrected chi connectivity index (χ2v) is 4.86. The SMILES string of the molecule is O=C(C1CCOCC1)N1CCCC(CO)C1. The van der Waals surface area contributed by atoms with Crippen LogP contribution in [0.3, 0.4) is 0 Å². The van der Waals surface area contributed by atoms with Gasteiger partial charge < -0.3 is 14.7 Å². The van der Waals surface area contributed by atoms with Crippen LogP contribution in [0.2, 0.25) is 0 Å². The molecule has 0 aromatic rings. The number of piperidine rings is 1. The fourth-order valence-corrected chi connectivity index (χ4v) is 2.62. The molecule has 16 heavy (non-hydrogen) atoms. The van der Waals surface area contributed by atoms with Gasteiger partial charge in [0.15, 0.2) is 0 Å². The molecule has 0 aromatic heterocycles. The van der Waals surface area contributed by atoms with Crippen LogP contribution in [-0.2, 0) is 9.53 Å². The molecule has 2 heterocycles. The summed E-state index contributed by atoms with van der Waals surface area (Å²) in [6.45, 7) is 3.25. The van der Waals surface area contributed by atoms with Gasteiger partial charge in [-0.2, -0.15) is 0 Å². The normalized spacial score (nSPS) is 28.1. The first-order chi connectivity index (χ1) is 7.81. The standard InChI is InChI=1S/C12H21NO3/c14-9-10-2-1-5-13(8-10)12(15)11-3-6-16-7-4-11/h10-11,14H,1-9H2. The van der Waals surface area contributed by atoms with Crippen molar-refractivity contribution in [2.24, 2.45) is 11.8 Å². The van der Waals surface area contributed by atoms with Crippen molar-refractivity contribution in [3.63, 3.8) is 0 Å². The maximum Gasteiger partial charge on any atom is 0.225 e. The average Bonchev–Trinajstić information content (AvgIpc) is 2.39. The molecule has 1 N–H and O–H groups in total. The van der Waals surface area contributed by atoms with E-state index < -0.39 is 0 Å². The predicted molar refractivity (Wildman–Crippen MR) is 59.9 cm³/mol. The number of carbonyl (C=O) groups is 1.